The highest BCUT2D eigenvalue weighted by Gasteiger charge is 2.17. The van der Waals surface area contributed by atoms with Gasteiger partial charge in [0.25, 0.3) is 0 Å². The van der Waals surface area contributed by atoms with E-state index in [9.17, 15) is 0 Å². The summed E-state index contributed by atoms with van der Waals surface area (Å²) in [4.78, 5) is 2.33. The first-order valence-electron chi connectivity index (χ1n) is 6.70. The summed E-state index contributed by atoms with van der Waals surface area (Å²) in [5, 5.41) is 1.07. The highest BCUT2D eigenvalue weighted by molar-refractivity contribution is 7.98. The van der Waals surface area contributed by atoms with Crippen LogP contribution in [0.3, 0.4) is 0 Å². The van der Waals surface area contributed by atoms with Crippen molar-refractivity contribution >= 4 is 29.1 Å². The van der Waals surface area contributed by atoms with E-state index in [0.29, 0.717) is 0 Å². The molecule has 0 spiro atoms. The number of aromatic nitrogens is 2. The molecule has 1 aliphatic rings. The summed E-state index contributed by atoms with van der Waals surface area (Å²) in [5.41, 5.74) is 3.73. The molecule has 0 unspecified atom stereocenters. The molecule has 1 aliphatic heterocycles. The second kappa shape index (κ2) is 6.52. The molecule has 1 aromatic heterocycles. The molecule has 2 aromatic rings. The van der Waals surface area contributed by atoms with Crippen molar-refractivity contribution in [1.29, 1.82) is 0 Å². The van der Waals surface area contributed by atoms with E-state index in [2.05, 4.69) is 51.0 Å². The van der Waals surface area contributed by atoms with Gasteiger partial charge in [-0.05, 0) is 24.6 Å². The molecular weight excluding hydrogens is 286 g/mol. The third-order valence-electron chi connectivity index (χ3n) is 3.32. The number of thioether (sulfide) groups is 1. The SMILES string of the molecule is CN1CCC=C(c2nsnc2SCc2ccccc2)C1. The molecule has 0 bridgehead atoms. The lowest BCUT2D eigenvalue weighted by atomic mass is 10.1. The Bertz CT molecular complexity index is 592. The zero-order chi connectivity index (χ0) is 13.8. The van der Waals surface area contributed by atoms with Crippen LogP contribution in [-0.2, 0) is 5.75 Å². The number of nitrogens with zero attached hydrogens (tertiary/aromatic N) is 3. The van der Waals surface area contributed by atoms with Gasteiger partial charge in [-0.3, -0.25) is 0 Å². The lowest BCUT2D eigenvalue weighted by Gasteiger charge is -2.22. The van der Waals surface area contributed by atoms with Gasteiger partial charge in [0.15, 0.2) is 0 Å². The summed E-state index contributed by atoms with van der Waals surface area (Å²) in [5.74, 6) is 0.947. The molecule has 0 amide bonds. The van der Waals surface area contributed by atoms with E-state index in [1.165, 1.54) is 22.9 Å². The standard InChI is InChI=1S/C15H17N3S2/c1-18-9-5-8-13(10-18)14-15(17-20-16-14)19-11-12-6-3-2-4-7-12/h2-4,6-8H,5,9-11H2,1H3. The fraction of sp³-hybridized carbons (Fsp3) is 0.333. The average molecular weight is 303 g/mol. The number of hydrogen-bond donors (Lipinski definition) is 0. The van der Waals surface area contributed by atoms with Crippen LogP contribution < -0.4 is 0 Å². The van der Waals surface area contributed by atoms with E-state index < -0.39 is 0 Å². The van der Waals surface area contributed by atoms with Gasteiger partial charge in [0.1, 0.15) is 10.7 Å². The average Bonchev–Trinajstić information content (AvgIpc) is 2.95. The first-order valence-corrected chi connectivity index (χ1v) is 8.42. The van der Waals surface area contributed by atoms with Gasteiger partial charge in [-0.25, -0.2) is 0 Å². The Morgan fingerprint density at radius 2 is 2.10 bits per heavy atom. The maximum absolute atomic E-state index is 4.50. The van der Waals surface area contributed by atoms with Crippen LogP contribution in [0.4, 0.5) is 0 Å². The molecule has 0 radical (unpaired) electrons. The Morgan fingerprint density at radius 1 is 1.25 bits per heavy atom. The molecule has 104 valence electrons. The van der Waals surface area contributed by atoms with Crippen LogP contribution >= 0.6 is 23.5 Å². The van der Waals surface area contributed by atoms with Crippen molar-refractivity contribution in [3.63, 3.8) is 0 Å². The monoisotopic (exact) mass is 303 g/mol. The van der Waals surface area contributed by atoms with Gasteiger partial charge in [-0.2, -0.15) is 8.75 Å². The topological polar surface area (TPSA) is 29.0 Å². The number of likely N-dealkylation sites (N-methyl/N-ethyl adjacent to an activating group) is 1. The maximum Gasteiger partial charge on any atom is 0.138 e. The number of rotatable bonds is 4. The minimum Gasteiger partial charge on any atom is -0.302 e. The van der Waals surface area contributed by atoms with Crippen LogP contribution in [0.25, 0.3) is 5.57 Å². The van der Waals surface area contributed by atoms with Crippen molar-refractivity contribution in [3.8, 4) is 0 Å². The van der Waals surface area contributed by atoms with Gasteiger partial charge in [0, 0.05) is 18.8 Å². The van der Waals surface area contributed by atoms with Crippen molar-refractivity contribution < 1.29 is 0 Å². The van der Waals surface area contributed by atoms with Crippen molar-refractivity contribution in [2.75, 3.05) is 20.1 Å². The molecular formula is C15H17N3S2. The lowest BCUT2D eigenvalue weighted by Crippen LogP contribution is -2.25. The molecule has 0 aliphatic carbocycles. The van der Waals surface area contributed by atoms with Crippen molar-refractivity contribution in [3.05, 3.63) is 47.7 Å². The van der Waals surface area contributed by atoms with Crippen LogP contribution in [0.2, 0.25) is 0 Å². The number of benzene rings is 1. The van der Waals surface area contributed by atoms with Gasteiger partial charge < -0.3 is 4.90 Å². The normalized spacial score (nSPS) is 16.1. The van der Waals surface area contributed by atoms with E-state index in [1.54, 1.807) is 11.8 Å². The molecule has 3 nitrogen and oxygen atoms in total. The second-order valence-electron chi connectivity index (χ2n) is 4.95. The predicted molar refractivity (Wildman–Crippen MR) is 86.0 cm³/mol. The first kappa shape index (κ1) is 13.8. The van der Waals surface area contributed by atoms with E-state index in [1.807, 2.05) is 6.07 Å². The van der Waals surface area contributed by atoms with Crippen LogP contribution in [0.5, 0.6) is 0 Å². The number of hydrogen-bond acceptors (Lipinski definition) is 5. The van der Waals surface area contributed by atoms with Crippen LogP contribution in [0.15, 0.2) is 41.4 Å². The van der Waals surface area contributed by atoms with E-state index in [-0.39, 0.29) is 0 Å². The molecule has 20 heavy (non-hydrogen) atoms. The Balaban J connectivity index is 1.72. The Hall–Kier alpha value is -1.17. The van der Waals surface area contributed by atoms with Gasteiger partial charge in [-0.15, -0.1) is 0 Å². The highest BCUT2D eigenvalue weighted by Crippen LogP contribution is 2.30. The molecule has 0 saturated carbocycles. The van der Waals surface area contributed by atoms with Crippen LogP contribution in [-0.4, -0.2) is 33.8 Å². The minimum absolute atomic E-state index is 0.947. The Labute approximate surface area is 128 Å². The van der Waals surface area contributed by atoms with Gasteiger partial charge in [-0.1, -0.05) is 48.2 Å². The summed E-state index contributed by atoms with van der Waals surface area (Å²) in [6.45, 7) is 2.11. The van der Waals surface area contributed by atoms with Crippen LogP contribution in [0, 0.1) is 0 Å². The summed E-state index contributed by atoms with van der Waals surface area (Å²) in [6, 6.07) is 10.5. The van der Waals surface area contributed by atoms with Gasteiger partial charge in [0.05, 0.1) is 11.7 Å². The fourth-order valence-electron chi connectivity index (χ4n) is 2.26. The molecule has 0 saturated heterocycles. The van der Waals surface area contributed by atoms with Crippen molar-refractivity contribution in [2.24, 2.45) is 0 Å². The van der Waals surface area contributed by atoms with E-state index >= 15 is 0 Å². The maximum atomic E-state index is 4.50. The second-order valence-corrected chi connectivity index (χ2v) is 6.44. The third kappa shape index (κ3) is 3.29. The highest BCUT2D eigenvalue weighted by atomic mass is 32.2. The first-order chi connectivity index (χ1) is 9.83. The quantitative estimate of drug-likeness (QED) is 0.808. The van der Waals surface area contributed by atoms with Gasteiger partial charge >= 0.3 is 0 Å². The molecule has 0 fully saturated rings. The van der Waals surface area contributed by atoms with Gasteiger partial charge in [0.2, 0.25) is 0 Å². The molecule has 1 aromatic carbocycles. The molecule has 2 heterocycles. The van der Waals surface area contributed by atoms with E-state index in [0.717, 1.165) is 36.0 Å². The summed E-state index contributed by atoms with van der Waals surface area (Å²) in [6.07, 6.45) is 3.41. The smallest absolute Gasteiger partial charge is 0.138 e. The van der Waals surface area contributed by atoms with Crippen LogP contribution in [0.1, 0.15) is 17.7 Å². The molecule has 5 heteroatoms. The zero-order valence-corrected chi connectivity index (χ0v) is 13.1. The van der Waals surface area contributed by atoms with E-state index in [4.69, 9.17) is 0 Å². The van der Waals surface area contributed by atoms with Crippen molar-refractivity contribution in [2.45, 2.75) is 17.2 Å². The fourth-order valence-corrected chi connectivity index (χ4v) is 3.93. The summed E-state index contributed by atoms with van der Waals surface area (Å²) >= 11 is 3.10. The Morgan fingerprint density at radius 3 is 2.90 bits per heavy atom. The molecule has 3 rings (SSSR count). The minimum atomic E-state index is 0.947. The zero-order valence-electron chi connectivity index (χ0n) is 11.5. The molecule has 0 atom stereocenters. The lowest BCUT2D eigenvalue weighted by molar-refractivity contribution is 0.372. The summed E-state index contributed by atoms with van der Waals surface area (Å²) in [7, 11) is 2.16. The molecule has 0 N–H and O–H groups in total. The summed E-state index contributed by atoms with van der Waals surface area (Å²) < 4.78 is 8.97. The predicted octanol–water partition coefficient (Wildman–Crippen LogP) is 3.55. The largest absolute Gasteiger partial charge is 0.302 e. The van der Waals surface area contributed by atoms with Crippen molar-refractivity contribution in [1.82, 2.24) is 13.6 Å². The third-order valence-corrected chi connectivity index (χ3v) is 5.00. The Kier molecular flexibility index (Phi) is 4.50.